The van der Waals surface area contributed by atoms with Gasteiger partial charge >= 0.3 is 0 Å². The van der Waals surface area contributed by atoms with Gasteiger partial charge in [0.2, 0.25) is 0 Å². The Bertz CT molecular complexity index is 377. The Labute approximate surface area is 103 Å². The number of hydrogen-bond donors (Lipinski definition) is 1. The highest BCUT2D eigenvalue weighted by Gasteiger charge is 2.35. The molecule has 1 aromatic rings. The minimum absolute atomic E-state index is 0.124. The molecule has 1 aromatic carbocycles. The summed E-state index contributed by atoms with van der Waals surface area (Å²) in [6, 6.07) is 6.87. The van der Waals surface area contributed by atoms with Gasteiger partial charge in [-0.1, -0.05) is 38.3 Å². The first-order chi connectivity index (χ1) is 8.14. The van der Waals surface area contributed by atoms with Crippen LogP contribution in [0.25, 0.3) is 0 Å². The Morgan fingerprint density at radius 2 is 2.24 bits per heavy atom. The molecule has 94 valence electrons. The van der Waals surface area contributed by atoms with Crippen molar-refractivity contribution in [2.75, 3.05) is 0 Å². The molecule has 17 heavy (non-hydrogen) atoms. The van der Waals surface area contributed by atoms with E-state index in [-0.39, 0.29) is 11.4 Å². The van der Waals surface area contributed by atoms with Crippen molar-refractivity contribution >= 4 is 0 Å². The molecule has 1 saturated carbocycles. The number of nitrogens with two attached hydrogens (primary N) is 1. The molecule has 1 fully saturated rings. The van der Waals surface area contributed by atoms with E-state index in [0.29, 0.717) is 5.92 Å². The Hall–Kier alpha value is -0.890. The molecule has 0 spiro atoms. The lowest BCUT2D eigenvalue weighted by atomic mass is 9.69. The van der Waals surface area contributed by atoms with Crippen molar-refractivity contribution in [2.24, 2.45) is 11.7 Å². The van der Waals surface area contributed by atoms with Crippen LogP contribution in [0, 0.1) is 11.7 Å². The van der Waals surface area contributed by atoms with Gasteiger partial charge in [-0.2, -0.15) is 0 Å². The molecule has 0 saturated heterocycles. The van der Waals surface area contributed by atoms with Gasteiger partial charge in [-0.25, -0.2) is 4.39 Å². The average Bonchev–Trinajstić information content (AvgIpc) is 2.29. The first-order valence-corrected chi connectivity index (χ1v) is 6.67. The van der Waals surface area contributed by atoms with Crippen molar-refractivity contribution < 1.29 is 4.39 Å². The van der Waals surface area contributed by atoms with Crippen LogP contribution in [0.5, 0.6) is 0 Å². The van der Waals surface area contributed by atoms with Gasteiger partial charge in [0.1, 0.15) is 5.82 Å². The monoisotopic (exact) mass is 235 g/mol. The molecule has 0 bridgehead atoms. The zero-order chi connectivity index (χ0) is 12.3. The van der Waals surface area contributed by atoms with Crippen LogP contribution in [0.4, 0.5) is 4.39 Å². The zero-order valence-corrected chi connectivity index (χ0v) is 10.6. The van der Waals surface area contributed by atoms with Gasteiger partial charge in [0, 0.05) is 5.54 Å². The van der Waals surface area contributed by atoms with Gasteiger partial charge in [0.05, 0.1) is 0 Å². The standard InChI is InChI=1S/C15H22FN/c1-2-13-7-3-4-9-15(13,17)11-12-6-5-8-14(16)10-12/h5-6,8,10,13H,2-4,7,9,11,17H2,1H3. The van der Waals surface area contributed by atoms with Crippen LogP contribution in [0.3, 0.4) is 0 Å². The maximum Gasteiger partial charge on any atom is 0.123 e. The van der Waals surface area contributed by atoms with Gasteiger partial charge in [0.15, 0.2) is 0 Å². The minimum atomic E-state index is -0.157. The predicted molar refractivity (Wildman–Crippen MR) is 69.3 cm³/mol. The summed E-state index contributed by atoms with van der Waals surface area (Å²) in [5.41, 5.74) is 7.48. The SMILES string of the molecule is CCC1CCCCC1(N)Cc1cccc(F)c1. The smallest absolute Gasteiger partial charge is 0.123 e. The summed E-state index contributed by atoms with van der Waals surface area (Å²) in [6.07, 6.45) is 6.74. The van der Waals surface area contributed by atoms with Crippen LogP contribution in [0.1, 0.15) is 44.6 Å². The van der Waals surface area contributed by atoms with E-state index >= 15 is 0 Å². The van der Waals surface area contributed by atoms with E-state index in [1.165, 1.54) is 25.3 Å². The van der Waals surface area contributed by atoms with E-state index in [1.807, 2.05) is 6.07 Å². The Kier molecular flexibility index (Phi) is 3.82. The number of halogens is 1. The van der Waals surface area contributed by atoms with Crippen molar-refractivity contribution in [3.8, 4) is 0 Å². The second-order valence-corrected chi connectivity index (χ2v) is 5.39. The third kappa shape index (κ3) is 2.86. The average molecular weight is 235 g/mol. The van der Waals surface area contributed by atoms with Crippen LogP contribution in [0.2, 0.25) is 0 Å². The van der Waals surface area contributed by atoms with Crippen LogP contribution in [-0.2, 0) is 6.42 Å². The van der Waals surface area contributed by atoms with Crippen LogP contribution < -0.4 is 5.73 Å². The molecule has 2 heteroatoms. The topological polar surface area (TPSA) is 26.0 Å². The molecule has 2 atom stereocenters. The number of benzene rings is 1. The van der Waals surface area contributed by atoms with Crippen molar-refractivity contribution in [3.05, 3.63) is 35.6 Å². The molecule has 2 rings (SSSR count). The van der Waals surface area contributed by atoms with E-state index in [0.717, 1.165) is 24.8 Å². The van der Waals surface area contributed by atoms with Gasteiger partial charge in [0.25, 0.3) is 0 Å². The molecule has 1 nitrogen and oxygen atoms in total. The van der Waals surface area contributed by atoms with Gasteiger partial charge < -0.3 is 5.73 Å². The molecule has 0 heterocycles. The highest BCUT2D eigenvalue weighted by Crippen LogP contribution is 2.36. The summed E-state index contributed by atoms with van der Waals surface area (Å²) in [4.78, 5) is 0. The van der Waals surface area contributed by atoms with Crippen molar-refractivity contribution in [1.82, 2.24) is 0 Å². The second-order valence-electron chi connectivity index (χ2n) is 5.39. The van der Waals surface area contributed by atoms with Gasteiger partial charge in [-0.05, 0) is 42.9 Å². The van der Waals surface area contributed by atoms with E-state index in [2.05, 4.69) is 6.92 Å². The van der Waals surface area contributed by atoms with Crippen molar-refractivity contribution in [1.29, 1.82) is 0 Å². The first kappa shape index (κ1) is 12.6. The third-order valence-corrected chi connectivity index (χ3v) is 4.17. The summed E-state index contributed by atoms with van der Waals surface area (Å²) in [7, 11) is 0. The van der Waals surface area contributed by atoms with E-state index < -0.39 is 0 Å². The minimum Gasteiger partial charge on any atom is -0.325 e. The zero-order valence-electron chi connectivity index (χ0n) is 10.6. The summed E-state index contributed by atoms with van der Waals surface area (Å²) >= 11 is 0. The quantitative estimate of drug-likeness (QED) is 0.850. The fourth-order valence-corrected chi connectivity index (χ4v) is 3.21. The Morgan fingerprint density at radius 1 is 1.41 bits per heavy atom. The third-order valence-electron chi connectivity index (χ3n) is 4.17. The van der Waals surface area contributed by atoms with Gasteiger partial charge in [-0.3, -0.25) is 0 Å². The second kappa shape index (κ2) is 5.18. The van der Waals surface area contributed by atoms with E-state index in [9.17, 15) is 4.39 Å². The maximum atomic E-state index is 13.2. The highest BCUT2D eigenvalue weighted by molar-refractivity contribution is 5.20. The molecule has 0 radical (unpaired) electrons. The Balaban J connectivity index is 2.14. The largest absolute Gasteiger partial charge is 0.325 e. The first-order valence-electron chi connectivity index (χ1n) is 6.67. The van der Waals surface area contributed by atoms with Crippen molar-refractivity contribution in [3.63, 3.8) is 0 Å². The fourth-order valence-electron chi connectivity index (χ4n) is 3.21. The lowest BCUT2D eigenvalue weighted by Crippen LogP contribution is -2.50. The Morgan fingerprint density at radius 3 is 2.94 bits per heavy atom. The molecule has 0 aromatic heterocycles. The maximum absolute atomic E-state index is 13.2. The normalized spacial score (nSPS) is 29.2. The lowest BCUT2D eigenvalue weighted by molar-refractivity contribution is 0.182. The van der Waals surface area contributed by atoms with Crippen LogP contribution >= 0.6 is 0 Å². The summed E-state index contributed by atoms with van der Waals surface area (Å²) < 4.78 is 13.2. The van der Waals surface area contributed by atoms with E-state index in [1.54, 1.807) is 12.1 Å². The van der Waals surface area contributed by atoms with Crippen molar-refractivity contribution in [2.45, 2.75) is 51.0 Å². The molecular formula is C15H22FN. The van der Waals surface area contributed by atoms with Crippen LogP contribution in [0.15, 0.2) is 24.3 Å². The molecule has 0 aliphatic heterocycles. The predicted octanol–water partition coefficient (Wildman–Crippen LogP) is 3.67. The summed E-state index contributed by atoms with van der Waals surface area (Å²) in [5, 5.41) is 0. The van der Waals surface area contributed by atoms with E-state index in [4.69, 9.17) is 5.73 Å². The molecular weight excluding hydrogens is 213 g/mol. The number of rotatable bonds is 3. The highest BCUT2D eigenvalue weighted by atomic mass is 19.1. The van der Waals surface area contributed by atoms with Crippen LogP contribution in [-0.4, -0.2) is 5.54 Å². The molecule has 1 aliphatic rings. The fraction of sp³-hybridized carbons (Fsp3) is 0.600. The van der Waals surface area contributed by atoms with Gasteiger partial charge in [-0.15, -0.1) is 0 Å². The molecule has 2 N–H and O–H groups in total. The molecule has 2 unspecified atom stereocenters. The molecule has 1 aliphatic carbocycles. The number of hydrogen-bond acceptors (Lipinski definition) is 1. The summed E-state index contributed by atoms with van der Waals surface area (Å²) in [5.74, 6) is 0.425. The summed E-state index contributed by atoms with van der Waals surface area (Å²) in [6.45, 7) is 2.21. The lowest BCUT2D eigenvalue weighted by Gasteiger charge is -2.41. The molecule has 0 amide bonds.